The highest BCUT2D eigenvalue weighted by Gasteiger charge is 2.01. The van der Waals surface area contributed by atoms with E-state index in [1.165, 1.54) is 0 Å². The van der Waals surface area contributed by atoms with Gasteiger partial charge in [-0.15, -0.1) is 0 Å². The van der Waals surface area contributed by atoms with Gasteiger partial charge in [-0.2, -0.15) is 0 Å². The Balaban J connectivity index is 3.06. The number of rotatable bonds is 2. The molecule has 1 aromatic carbocycles. The lowest BCUT2D eigenvalue weighted by Crippen LogP contribution is -2.18. The topological polar surface area (TPSA) is 40.5 Å². The van der Waals surface area contributed by atoms with E-state index >= 15 is 0 Å². The van der Waals surface area contributed by atoms with Gasteiger partial charge in [0.05, 0.1) is 6.61 Å². The minimum absolute atomic E-state index is 0.0624. The van der Waals surface area contributed by atoms with Crippen LogP contribution in [0.5, 0.6) is 0 Å². The molecule has 1 aromatic rings. The van der Waals surface area contributed by atoms with Gasteiger partial charge in [-0.05, 0) is 23.2 Å². The first-order valence-corrected chi connectivity index (χ1v) is 3.64. The fraction of sp³-hybridized carbons (Fsp3) is 0.143. The van der Waals surface area contributed by atoms with Crippen molar-refractivity contribution < 1.29 is 10.1 Å². The van der Waals surface area contributed by atoms with E-state index in [0.717, 1.165) is 5.46 Å². The number of halogens is 1. The molecule has 0 spiro atoms. The average Bonchev–Trinajstić information content (AvgIpc) is 2.04. The van der Waals surface area contributed by atoms with Crippen LogP contribution in [0.3, 0.4) is 0 Å². The van der Waals surface area contributed by atoms with Crippen LogP contribution in [0.25, 0.3) is 0 Å². The molecule has 0 unspecified atom stereocenters. The van der Waals surface area contributed by atoms with Crippen molar-refractivity contribution in [1.82, 2.24) is 0 Å². The summed E-state index contributed by atoms with van der Waals surface area (Å²) in [6.45, 7) is -0.0869. The second-order valence-corrected chi connectivity index (χ2v) is 2.67. The van der Waals surface area contributed by atoms with Gasteiger partial charge in [0, 0.05) is 5.02 Å². The Kier molecular flexibility index (Phi) is 2.94. The summed E-state index contributed by atoms with van der Waals surface area (Å²) >= 11 is 5.66. The van der Waals surface area contributed by atoms with Gasteiger partial charge >= 0.3 is 7.48 Å². The van der Waals surface area contributed by atoms with Gasteiger partial charge in [-0.3, -0.25) is 0 Å². The van der Waals surface area contributed by atoms with Crippen LogP contribution in [-0.4, -0.2) is 17.6 Å². The van der Waals surface area contributed by atoms with Crippen molar-refractivity contribution in [2.75, 3.05) is 0 Å². The number of aliphatic hydroxyl groups excluding tert-OH is 1. The second kappa shape index (κ2) is 3.76. The zero-order valence-electron chi connectivity index (χ0n) is 5.92. The van der Waals surface area contributed by atoms with Crippen LogP contribution >= 0.6 is 11.6 Å². The predicted molar refractivity (Wildman–Crippen MR) is 46.4 cm³/mol. The molecule has 0 aliphatic rings. The van der Waals surface area contributed by atoms with E-state index in [4.69, 9.17) is 21.7 Å². The molecule has 4 heteroatoms. The van der Waals surface area contributed by atoms with Crippen molar-refractivity contribution >= 4 is 24.5 Å². The molecule has 0 amide bonds. The van der Waals surface area contributed by atoms with E-state index in [-0.39, 0.29) is 14.1 Å². The number of hydrogen-bond acceptors (Lipinski definition) is 2. The number of benzene rings is 1. The fourth-order valence-corrected chi connectivity index (χ4v) is 1.09. The molecule has 0 aliphatic carbocycles. The van der Waals surface area contributed by atoms with E-state index in [2.05, 4.69) is 0 Å². The monoisotopic (exact) mass is 170 g/mol. The predicted octanol–water partition coefficient (Wildman–Crippen LogP) is -0.199. The Hall–Kier alpha value is -0.505. The number of hydrogen-bond donors (Lipinski definition) is 2. The summed E-state index contributed by atoms with van der Waals surface area (Å²) in [6.07, 6.45) is 0. The summed E-state index contributed by atoms with van der Waals surface area (Å²) in [7, 11) is -0.0624. The minimum atomic E-state index is -0.0869. The van der Waals surface area contributed by atoms with Gasteiger partial charge < -0.3 is 10.1 Å². The summed E-state index contributed by atoms with van der Waals surface area (Å²) < 4.78 is 0. The molecule has 0 heterocycles. The van der Waals surface area contributed by atoms with Crippen molar-refractivity contribution in [2.45, 2.75) is 6.61 Å². The second-order valence-electron chi connectivity index (χ2n) is 2.23. The summed E-state index contributed by atoms with van der Waals surface area (Å²) in [5.74, 6) is 0. The van der Waals surface area contributed by atoms with Crippen molar-refractivity contribution in [3.63, 3.8) is 0 Å². The highest BCUT2D eigenvalue weighted by molar-refractivity contribution is 6.46. The molecule has 1 rings (SSSR count). The maximum atomic E-state index is 8.80. The van der Waals surface area contributed by atoms with Crippen molar-refractivity contribution in [1.29, 1.82) is 0 Å². The summed E-state index contributed by atoms with van der Waals surface area (Å²) in [4.78, 5) is 0. The molecule has 0 radical (unpaired) electrons. The Morgan fingerprint density at radius 2 is 2.18 bits per heavy atom. The van der Waals surface area contributed by atoms with Crippen LogP contribution in [0.1, 0.15) is 5.56 Å². The lowest BCUT2D eigenvalue weighted by atomic mass is 9.85. The molecule has 0 saturated carbocycles. The molecule has 0 bridgehead atoms. The summed E-state index contributed by atoms with van der Waals surface area (Å²) in [6, 6.07) is 5.03. The molecule has 0 fully saturated rings. The van der Waals surface area contributed by atoms with Crippen LogP contribution in [0.15, 0.2) is 18.2 Å². The molecular weight excluding hydrogens is 162 g/mol. The highest BCUT2D eigenvalue weighted by atomic mass is 35.5. The van der Waals surface area contributed by atoms with Crippen LogP contribution in [0, 0.1) is 0 Å². The average molecular weight is 170 g/mol. The Bertz CT molecular complexity index is 252. The third-order valence-corrected chi connectivity index (χ3v) is 1.74. The zero-order chi connectivity index (χ0) is 8.27. The van der Waals surface area contributed by atoms with E-state index in [9.17, 15) is 0 Å². The lowest BCUT2D eigenvalue weighted by Gasteiger charge is -2.02. The molecule has 0 atom stereocenters. The van der Waals surface area contributed by atoms with Gasteiger partial charge in [-0.1, -0.05) is 17.7 Å². The number of aliphatic hydroxyl groups is 1. The third-order valence-electron chi connectivity index (χ3n) is 1.51. The summed E-state index contributed by atoms with van der Waals surface area (Å²) in [5.41, 5.74) is 1.40. The zero-order valence-corrected chi connectivity index (χ0v) is 6.67. The van der Waals surface area contributed by atoms with Crippen molar-refractivity contribution in [2.24, 2.45) is 0 Å². The summed E-state index contributed by atoms with van der Waals surface area (Å²) in [5, 5.41) is 18.2. The van der Waals surface area contributed by atoms with E-state index in [1.807, 2.05) is 0 Å². The van der Waals surface area contributed by atoms with Gasteiger partial charge in [0.25, 0.3) is 0 Å². The maximum absolute atomic E-state index is 8.80. The van der Waals surface area contributed by atoms with Crippen molar-refractivity contribution in [3.05, 3.63) is 28.8 Å². The maximum Gasteiger partial charge on any atom is 0.305 e. The molecule has 2 nitrogen and oxygen atoms in total. The molecular formula is C7H8BClO2. The smallest absolute Gasteiger partial charge is 0.305 e. The first kappa shape index (κ1) is 8.59. The first-order chi connectivity index (χ1) is 5.27. The fourth-order valence-electron chi connectivity index (χ4n) is 0.896. The Morgan fingerprint density at radius 1 is 1.45 bits per heavy atom. The normalized spacial score (nSPS) is 9.73. The van der Waals surface area contributed by atoms with Crippen LogP contribution in [0.2, 0.25) is 5.02 Å². The van der Waals surface area contributed by atoms with Gasteiger partial charge in [0.1, 0.15) is 0 Å². The molecule has 2 N–H and O–H groups in total. The quantitative estimate of drug-likeness (QED) is 0.604. The first-order valence-electron chi connectivity index (χ1n) is 3.27. The van der Waals surface area contributed by atoms with Gasteiger partial charge in [-0.25, -0.2) is 0 Å². The van der Waals surface area contributed by atoms with E-state index < -0.39 is 0 Å². The molecule has 11 heavy (non-hydrogen) atoms. The molecule has 0 aliphatic heterocycles. The molecule has 0 saturated heterocycles. The molecule has 0 aromatic heterocycles. The largest absolute Gasteiger partial charge is 0.449 e. The Labute approximate surface area is 70.7 Å². The van der Waals surface area contributed by atoms with Gasteiger partial charge in [0.2, 0.25) is 0 Å². The van der Waals surface area contributed by atoms with Crippen LogP contribution < -0.4 is 5.46 Å². The third kappa shape index (κ3) is 1.96. The van der Waals surface area contributed by atoms with Crippen LogP contribution in [0.4, 0.5) is 0 Å². The minimum Gasteiger partial charge on any atom is -0.449 e. The standard InChI is InChI=1S/C7H8BClO2/c9-6-1-2-7(8-11)5(3-6)4-10/h1-3,8,10-11H,4H2. The van der Waals surface area contributed by atoms with Crippen LogP contribution in [-0.2, 0) is 6.61 Å². The van der Waals surface area contributed by atoms with E-state index in [1.54, 1.807) is 18.2 Å². The Morgan fingerprint density at radius 3 is 2.73 bits per heavy atom. The van der Waals surface area contributed by atoms with E-state index in [0.29, 0.717) is 10.6 Å². The lowest BCUT2D eigenvalue weighted by molar-refractivity contribution is 0.282. The highest BCUT2D eigenvalue weighted by Crippen LogP contribution is 2.08. The SMILES string of the molecule is OBc1ccc(Cl)cc1CO. The molecule has 58 valence electrons. The van der Waals surface area contributed by atoms with Crippen molar-refractivity contribution in [3.8, 4) is 0 Å². The van der Waals surface area contributed by atoms with Gasteiger partial charge in [0.15, 0.2) is 0 Å².